The van der Waals surface area contributed by atoms with Gasteiger partial charge >= 0.3 is 0 Å². The van der Waals surface area contributed by atoms with E-state index in [1.165, 1.54) is 0 Å². The minimum Gasteiger partial charge on any atom is -0.497 e. The fourth-order valence-corrected chi connectivity index (χ4v) is 1.65. The van der Waals surface area contributed by atoms with Crippen molar-refractivity contribution in [1.29, 1.82) is 0 Å². The van der Waals surface area contributed by atoms with Crippen LogP contribution in [-0.4, -0.2) is 19.2 Å². The molecule has 88 valence electrons. The average Bonchev–Trinajstić information content (AvgIpc) is 2.38. The fraction of sp³-hybridized carbons (Fsp3) is 0.154. The van der Waals surface area contributed by atoms with Gasteiger partial charge in [-0.2, -0.15) is 0 Å². The highest BCUT2D eigenvalue weighted by Crippen LogP contribution is 2.31. The number of nitrogens with one attached hydrogen (secondary N) is 1. The molecule has 0 fully saturated rings. The summed E-state index contributed by atoms with van der Waals surface area (Å²) in [6, 6.07) is 8.89. The lowest BCUT2D eigenvalue weighted by Crippen LogP contribution is -2.07. The van der Waals surface area contributed by atoms with Gasteiger partial charge in [0, 0.05) is 17.8 Å². The van der Waals surface area contributed by atoms with Crippen LogP contribution in [-0.2, 0) is 0 Å². The second kappa shape index (κ2) is 4.74. The van der Waals surface area contributed by atoms with Gasteiger partial charge in [-0.1, -0.05) is 0 Å². The van der Waals surface area contributed by atoms with Gasteiger partial charge in [-0.05, 0) is 24.3 Å². The van der Waals surface area contributed by atoms with Crippen LogP contribution in [0.5, 0.6) is 11.5 Å². The van der Waals surface area contributed by atoms with Gasteiger partial charge in [-0.3, -0.25) is 4.79 Å². The second-order valence-electron chi connectivity index (χ2n) is 3.48. The topological polar surface area (TPSA) is 51.3 Å². The Balaban J connectivity index is 2.60. The Morgan fingerprint density at radius 1 is 1.06 bits per heavy atom. The Hall–Kier alpha value is -2.23. The van der Waals surface area contributed by atoms with E-state index in [0.717, 1.165) is 5.56 Å². The minimum absolute atomic E-state index is 0.143. The predicted octanol–water partition coefficient (Wildman–Crippen LogP) is 2.06. The molecule has 1 heterocycles. The molecule has 0 spiro atoms. The van der Waals surface area contributed by atoms with E-state index >= 15 is 0 Å². The van der Waals surface area contributed by atoms with Crippen molar-refractivity contribution in [2.75, 3.05) is 14.2 Å². The lowest BCUT2D eigenvalue weighted by Gasteiger charge is -2.09. The van der Waals surface area contributed by atoms with Crippen molar-refractivity contribution in [3.8, 4) is 22.6 Å². The van der Waals surface area contributed by atoms with Gasteiger partial charge in [0.25, 0.3) is 5.56 Å². The molecule has 1 aromatic heterocycles. The van der Waals surface area contributed by atoms with Crippen LogP contribution in [0.1, 0.15) is 0 Å². The normalized spacial score (nSPS) is 10.0. The maximum atomic E-state index is 11.7. The maximum absolute atomic E-state index is 11.7. The fourth-order valence-electron chi connectivity index (χ4n) is 1.65. The van der Waals surface area contributed by atoms with E-state index < -0.39 is 0 Å². The second-order valence-corrected chi connectivity index (χ2v) is 3.48. The van der Waals surface area contributed by atoms with Crippen LogP contribution in [0.15, 0.2) is 41.3 Å². The van der Waals surface area contributed by atoms with E-state index in [1.807, 2.05) is 6.07 Å². The smallest absolute Gasteiger partial charge is 0.255 e. The molecule has 4 nitrogen and oxygen atoms in total. The van der Waals surface area contributed by atoms with Crippen LogP contribution in [0.2, 0.25) is 0 Å². The molecule has 0 radical (unpaired) electrons. The monoisotopic (exact) mass is 231 g/mol. The van der Waals surface area contributed by atoms with Crippen molar-refractivity contribution in [1.82, 2.24) is 4.98 Å². The number of pyridine rings is 1. The first-order valence-corrected chi connectivity index (χ1v) is 5.16. The highest BCUT2D eigenvalue weighted by molar-refractivity contribution is 5.70. The zero-order valence-electron chi connectivity index (χ0n) is 9.69. The molecule has 0 aliphatic heterocycles. The first-order valence-electron chi connectivity index (χ1n) is 5.16. The Kier molecular flexibility index (Phi) is 3.14. The zero-order valence-corrected chi connectivity index (χ0v) is 9.69. The van der Waals surface area contributed by atoms with Gasteiger partial charge in [0.2, 0.25) is 0 Å². The summed E-state index contributed by atoms with van der Waals surface area (Å²) in [4.78, 5) is 14.3. The quantitative estimate of drug-likeness (QED) is 0.879. The highest BCUT2D eigenvalue weighted by Gasteiger charge is 2.09. The molecule has 0 bridgehead atoms. The molecule has 4 heteroatoms. The van der Waals surface area contributed by atoms with Crippen molar-refractivity contribution in [3.05, 3.63) is 46.9 Å². The van der Waals surface area contributed by atoms with E-state index in [-0.39, 0.29) is 5.56 Å². The van der Waals surface area contributed by atoms with E-state index in [4.69, 9.17) is 9.47 Å². The zero-order chi connectivity index (χ0) is 12.3. The van der Waals surface area contributed by atoms with E-state index in [0.29, 0.717) is 17.1 Å². The van der Waals surface area contributed by atoms with Crippen molar-refractivity contribution < 1.29 is 9.47 Å². The molecule has 0 saturated heterocycles. The van der Waals surface area contributed by atoms with Gasteiger partial charge < -0.3 is 14.5 Å². The molecular formula is C13H13NO3. The van der Waals surface area contributed by atoms with Crippen molar-refractivity contribution in [2.45, 2.75) is 0 Å². The lowest BCUT2D eigenvalue weighted by molar-refractivity contribution is 0.395. The van der Waals surface area contributed by atoms with Gasteiger partial charge in [0.05, 0.1) is 19.8 Å². The molecule has 1 aromatic carbocycles. The third-order valence-electron chi connectivity index (χ3n) is 2.52. The summed E-state index contributed by atoms with van der Waals surface area (Å²) in [6.07, 6.45) is 1.60. The minimum atomic E-state index is -0.143. The number of hydrogen-bond donors (Lipinski definition) is 1. The first-order chi connectivity index (χ1) is 8.26. The Labute approximate surface area is 98.8 Å². The summed E-state index contributed by atoms with van der Waals surface area (Å²) in [5, 5.41) is 0. The number of aromatic nitrogens is 1. The Bertz CT molecular complexity index is 575. The van der Waals surface area contributed by atoms with Crippen molar-refractivity contribution >= 4 is 0 Å². The SMILES string of the molecule is COc1ccc(-c2ccc[nH]c2=O)c(OC)c1. The van der Waals surface area contributed by atoms with E-state index in [2.05, 4.69) is 4.98 Å². The summed E-state index contributed by atoms with van der Waals surface area (Å²) >= 11 is 0. The molecule has 0 amide bonds. The Morgan fingerprint density at radius 2 is 1.88 bits per heavy atom. The molecule has 0 aliphatic carbocycles. The van der Waals surface area contributed by atoms with Gasteiger partial charge in [-0.25, -0.2) is 0 Å². The first kappa shape index (κ1) is 11.3. The third-order valence-corrected chi connectivity index (χ3v) is 2.52. The number of ether oxygens (including phenoxy) is 2. The molecule has 1 N–H and O–H groups in total. The van der Waals surface area contributed by atoms with E-state index in [1.54, 1.807) is 44.7 Å². The van der Waals surface area contributed by atoms with Gasteiger partial charge in [0.15, 0.2) is 0 Å². The number of rotatable bonds is 3. The van der Waals surface area contributed by atoms with Crippen molar-refractivity contribution in [2.24, 2.45) is 0 Å². The molecule has 0 unspecified atom stereocenters. The molecule has 2 aromatic rings. The number of hydrogen-bond acceptors (Lipinski definition) is 3. The average molecular weight is 231 g/mol. The lowest BCUT2D eigenvalue weighted by atomic mass is 10.1. The van der Waals surface area contributed by atoms with Crippen LogP contribution >= 0.6 is 0 Å². The summed E-state index contributed by atoms with van der Waals surface area (Å²) in [6.45, 7) is 0. The summed E-state index contributed by atoms with van der Waals surface area (Å²) < 4.78 is 10.4. The standard InChI is InChI=1S/C13H13NO3/c1-16-9-5-6-10(12(8-9)17-2)11-4-3-7-14-13(11)15/h3-8H,1-2H3,(H,14,15). The van der Waals surface area contributed by atoms with Crippen LogP contribution < -0.4 is 15.0 Å². The summed E-state index contributed by atoms with van der Waals surface area (Å²) in [5.41, 5.74) is 1.18. The molecular weight excluding hydrogens is 218 g/mol. The number of benzene rings is 1. The molecule has 0 saturated carbocycles. The molecule has 17 heavy (non-hydrogen) atoms. The Morgan fingerprint density at radius 3 is 2.53 bits per heavy atom. The van der Waals surface area contributed by atoms with Crippen LogP contribution in [0, 0.1) is 0 Å². The summed E-state index contributed by atoms with van der Waals surface area (Å²) in [5.74, 6) is 1.30. The van der Waals surface area contributed by atoms with E-state index in [9.17, 15) is 4.79 Å². The maximum Gasteiger partial charge on any atom is 0.255 e. The van der Waals surface area contributed by atoms with Crippen LogP contribution in [0.3, 0.4) is 0 Å². The van der Waals surface area contributed by atoms with Crippen molar-refractivity contribution in [3.63, 3.8) is 0 Å². The molecule has 0 atom stereocenters. The number of methoxy groups -OCH3 is 2. The molecule has 2 rings (SSSR count). The highest BCUT2D eigenvalue weighted by atomic mass is 16.5. The number of aromatic amines is 1. The van der Waals surface area contributed by atoms with Gasteiger partial charge in [0.1, 0.15) is 11.5 Å². The number of H-pyrrole nitrogens is 1. The van der Waals surface area contributed by atoms with Crippen LogP contribution in [0.25, 0.3) is 11.1 Å². The predicted molar refractivity (Wildman–Crippen MR) is 65.6 cm³/mol. The summed E-state index contributed by atoms with van der Waals surface area (Å²) in [7, 11) is 3.15. The van der Waals surface area contributed by atoms with Gasteiger partial charge in [-0.15, -0.1) is 0 Å². The molecule has 0 aliphatic rings. The third kappa shape index (κ3) is 2.15. The largest absolute Gasteiger partial charge is 0.497 e. The van der Waals surface area contributed by atoms with Crippen LogP contribution in [0.4, 0.5) is 0 Å².